The van der Waals surface area contributed by atoms with Gasteiger partial charge in [-0.15, -0.1) is 0 Å². The summed E-state index contributed by atoms with van der Waals surface area (Å²) >= 11 is 4.86. The molecule has 0 bridgehead atoms. The molecule has 0 saturated heterocycles. The highest BCUT2D eigenvalue weighted by molar-refractivity contribution is 9.09. The lowest BCUT2D eigenvalue weighted by molar-refractivity contribution is -0.119. The molecule has 108 valence electrons. The van der Waals surface area contributed by atoms with Crippen LogP contribution in [0.5, 0.6) is 0 Å². The first-order chi connectivity index (χ1) is 10.3. The first kappa shape index (κ1) is 14.3. The van der Waals surface area contributed by atoms with Gasteiger partial charge in [0, 0.05) is 11.4 Å². The molecule has 3 rings (SSSR count). The molecule has 8 heteroatoms. The monoisotopic (exact) mass is 365 g/mol. The minimum Gasteiger partial charge on any atom is -0.375 e. The summed E-state index contributed by atoms with van der Waals surface area (Å²) in [4.78, 5) is 24.3. The number of nitrogens with zero attached hydrogens (tertiary/aromatic N) is 3. The van der Waals surface area contributed by atoms with E-state index in [1.165, 1.54) is 18.1 Å². The number of rotatable bonds is 4. The summed E-state index contributed by atoms with van der Waals surface area (Å²) in [7, 11) is 0. The van der Waals surface area contributed by atoms with E-state index in [0.29, 0.717) is 16.5 Å². The molecule has 2 heterocycles. The number of halogens is 1. The van der Waals surface area contributed by atoms with Crippen molar-refractivity contribution in [3.63, 3.8) is 0 Å². The third-order valence-corrected chi connectivity index (χ3v) is 4.17. The van der Waals surface area contributed by atoms with Crippen LogP contribution in [0.15, 0.2) is 39.2 Å². The Kier molecular flexibility index (Phi) is 4.35. The highest BCUT2D eigenvalue weighted by atomic mass is 79.9. The second-order valence-corrected chi connectivity index (χ2v) is 5.81. The number of nitrogens with one attached hydrogen (secondary N) is 2. The highest BCUT2D eigenvalue weighted by Gasteiger charge is 2.31. The molecule has 21 heavy (non-hydrogen) atoms. The Bertz CT molecular complexity index is 658. The lowest BCUT2D eigenvalue weighted by Crippen LogP contribution is -2.40. The first-order valence-electron chi connectivity index (χ1n) is 6.28. The van der Waals surface area contributed by atoms with Crippen molar-refractivity contribution in [1.29, 1.82) is 0 Å². The van der Waals surface area contributed by atoms with E-state index in [1.54, 1.807) is 0 Å². The van der Waals surface area contributed by atoms with E-state index in [2.05, 4.69) is 47.6 Å². The molecule has 6 nitrogen and oxygen atoms in total. The van der Waals surface area contributed by atoms with Crippen molar-refractivity contribution >= 4 is 56.6 Å². The molecular formula is C13H12BrN5OS. The van der Waals surface area contributed by atoms with Gasteiger partial charge in [0.1, 0.15) is 0 Å². The molecule has 0 fully saturated rings. The summed E-state index contributed by atoms with van der Waals surface area (Å²) in [5.74, 6) is 1.01. The van der Waals surface area contributed by atoms with E-state index in [9.17, 15) is 4.79 Å². The number of hydrogen-bond donors (Lipinski definition) is 2. The number of alkyl halides is 1. The Hall–Kier alpha value is -1.67. The van der Waals surface area contributed by atoms with Crippen molar-refractivity contribution in [2.45, 2.75) is 11.8 Å². The normalized spacial score (nSPS) is 19.7. The van der Waals surface area contributed by atoms with Gasteiger partial charge in [0.05, 0.1) is 11.8 Å². The molecule has 1 aromatic rings. The van der Waals surface area contributed by atoms with Gasteiger partial charge < -0.3 is 10.6 Å². The zero-order chi connectivity index (χ0) is 14.7. The number of thioether (sulfide) groups is 1. The second kappa shape index (κ2) is 6.40. The predicted molar refractivity (Wildman–Crippen MR) is 90.4 cm³/mol. The van der Waals surface area contributed by atoms with Crippen LogP contribution in [0.1, 0.15) is 5.56 Å². The SMILES string of the molecule is O=C1NC=NC2=NC(SCc3ccccc3NCBr)=NC12. The Morgan fingerprint density at radius 1 is 1.38 bits per heavy atom. The summed E-state index contributed by atoms with van der Waals surface area (Å²) in [5, 5.41) is 6.37. The van der Waals surface area contributed by atoms with E-state index < -0.39 is 6.04 Å². The molecule has 0 aliphatic carbocycles. The topological polar surface area (TPSA) is 78.2 Å². The number of benzene rings is 1. The van der Waals surface area contributed by atoms with Crippen LogP contribution in [0.2, 0.25) is 0 Å². The summed E-state index contributed by atoms with van der Waals surface area (Å²) in [5.41, 5.74) is 2.92. The predicted octanol–water partition coefficient (Wildman–Crippen LogP) is 1.98. The molecule has 0 saturated carbocycles. The van der Waals surface area contributed by atoms with Crippen molar-refractivity contribution in [2.75, 3.05) is 10.8 Å². The van der Waals surface area contributed by atoms with Crippen LogP contribution in [-0.2, 0) is 10.5 Å². The number of amidine groups is 2. The molecule has 1 amide bonds. The van der Waals surface area contributed by atoms with Crippen molar-refractivity contribution in [3.8, 4) is 0 Å². The maximum Gasteiger partial charge on any atom is 0.257 e. The fourth-order valence-electron chi connectivity index (χ4n) is 1.97. The Morgan fingerprint density at radius 2 is 2.24 bits per heavy atom. The summed E-state index contributed by atoms with van der Waals surface area (Å²) in [6, 6.07) is 7.47. The lowest BCUT2D eigenvalue weighted by Gasteiger charge is -2.09. The molecule has 2 N–H and O–H groups in total. The van der Waals surface area contributed by atoms with Gasteiger partial charge in [-0.05, 0) is 11.6 Å². The summed E-state index contributed by atoms with van der Waals surface area (Å²) in [6.07, 6.45) is 1.36. The van der Waals surface area contributed by atoms with Gasteiger partial charge in [0.25, 0.3) is 5.91 Å². The number of fused-ring (bicyclic) bond motifs is 1. The molecule has 1 unspecified atom stereocenters. The average molecular weight is 366 g/mol. The van der Waals surface area contributed by atoms with Crippen LogP contribution >= 0.6 is 27.7 Å². The Morgan fingerprint density at radius 3 is 3.05 bits per heavy atom. The van der Waals surface area contributed by atoms with Crippen molar-refractivity contribution in [1.82, 2.24) is 5.32 Å². The quantitative estimate of drug-likeness (QED) is 0.632. The van der Waals surface area contributed by atoms with E-state index in [0.717, 1.165) is 17.0 Å². The van der Waals surface area contributed by atoms with Gasteiger partial charge in [-0.2, -0.15) is 0 Å². The van der Waals surface area contributed by atoms with Gasteiger partial charge in [0.2, 0.25) is 0 Å². The first-order valence-corrected chi connectivity index (χ1v) is 8.38. The van der Waals surface area contributed by atoms with Gasteiger partial charge >= 0.3 is 0 Å². The Labute approximate surface area is 134 Å². The van der Waals surface area contributed by atoms with Crippen LogP contribution in [0.4, 0.5) is 5.69 Å². The van der Waals surface area contributed by atoms with Crippen molar-refractivity contribution < 1.29 is 4.79 Å². The Balaban J connectivity index is 1.69. The molecular weight excluding hydrogens is 354 g/mol. The minimum atomic E-state index is -0.589. The molecule has 0 radical (unpaired) electrons. The van der Waals surface area contributed by atoms with E-state index >= 15 is 0 Å². The van der Waals surface area contributed by atoms with Crippen LogP contribution in [0.25, 0.3) is 0 Å². The van der Waals surface area contributed by atoms with Gasteiger partial charge in [0.15, 0.2) is 17.0 Å². The molecule has 0 aromatic heterocycles. The van der Waals surface area contributed by atoms with Gasteiger partial charge in [-0.1, -0.05) is 45.9 Å². The number of carbonyl (C=O) groups is 1. The third-order valence-electron chi connectivity index (χ3n) is 2.98. The fourth-order valence-corrected chi connectivity index (χ4v) is 3.15. The van der Waals surface area contributed by atoms with Gasteiger partial charge in [-0.25, -0.2) is 15.0 Å². The van der Waals surface area contributed by atoms with Crippen molar-refractivity contribution in [2.24, 2.45) is 15.0 Å². The van der Waals surface area contributed by atoms with Crippen LogP contribution in [0, 0.1) is 0 Å². The maximum atomic E-state index is 11.6. The van der Waals surface area contributed by atoms with Crippen molar-refractivity contribution in [3.05, 3.63) is 29.8 Å². The van der Waals surface area contributed by atoms with E-state index in [-0.39, 0.29) is 5.91 Å². The van der Waals surface area contributed by atoms with Gasteiger partial charge in [-0.3, -0.25) is 4.79 Å². The zero-order valence-electron chi connectivity index (χ0n) is 10.9. The largest absolute Gasteiger partial charge is 0.375 e. The lowest BCUT2D eigenvalue weighted by atomic mass is 10.2. The molecule has 0 spiro atoms. The zero-order valence-corrected chi connectivity index (χ0v) is 13.3. The highest BCUT2D eigenvalue weighted by Crippen LogP contribution is 2.25. The number of para-hydroxylation sites is 1. The molecule has 2 aliphatic heterocycles. The number of amides is 1. The molecule has 1 atom stereocenters. The molecule has 2 aliphatic rings. The number of carbonyl (C=O) groups excluding carboxylic acids is 1. The van der Waals surface area contributed by atoms with Crippen LogP contribution < -0.4 is 10.6 Å². The minimum absolute atomic E-state index is 0.180. The number of aliphatic imine (C=N–C) groups is 3. The third kappa shape index (κ3) is 3.16. The fraction of sp³-hybridized carbons (Fsp3) is 0.231. The average Bonchev–Trinajstić information content (AvgIpc) is 2.91. The number of anilines is 1. The van der Waals surface area contributed by atoms with Crippen LogP contribution in [-0.4, -0.2) is 34.7 Å². The maximum absolute atomic E-state index is 11.6. The van der Waals surface area contributed by atoms with Crippen LogP contribution in [0.3, 0.4) is 0 Å². The second-order valence-electron chi connectivity index (χ2n) is 4.31. The standard InChI is InChI=1S/C13H12BrN5OS/c14-6-15-9-4-2-1-3-8(9)5-21-13-18-10-11(19-13)16-7-17-12(10)20/h1-4,7,10,15H,5-6H2,(H,16,17,18,19,20). The summed E-state index contributed by atoms with van der Waals surface area (Å²) in [6.45, 7) is 0. The van der Waals surface area contributed by atoms with E-state index in [4.69, 9.17) is 0 Å². The number of hydrogen-bond acceptors (Lipinski definition) is 6. The van der Waals surface area contributed by atoms with E-state index in [1.807, 2.05) is 18.2 Å². The smallest absolute Gasteiger partial charge is 0.257 e. The molecule has 1 aromatic carbocycles. The summed E-state index contributed by atoms with van der Waals surface area (Å²) < 4.78 is 0.